The molecule has 0 bridgehead atoms. The lowest BCUT2D eigenvalue weighted by atomic mass is 10.1. The number of hydrogen-bond donors (Lipinski definition) is 1. The van der Waals surface area contributed by atoms with E-state index in [1.807, 2.05) is 12.1 Å². The van der Waals surface area contributed by atoms with Crippen molar-refractivity contribution in [3.05, 3.63) is 39.9 Å². The number of carbonyl (C=O) groups excluding carboxylic acids is 1. The topological polar surface area (TPSA) is 134 Å². The summed E-state index contributed by atoms with van der Waals surface area (Å²) in [5.41, 5.74) is 1.09. The maximum Gasteiger partial charge on any atom is 0.327 e. The van der Waals surface area contributed by atoms with Crippen LogP contribution in [0.2, 0.25) is 0 Å². The number of aromatic nitrogens is 5. The lowest BCUT2D eigenvalue weighted by molar-refractivity contribution is -0.144. The second kappa shape index (κ2) is 9.77. The first kappa shape index (κ1) is 22.3. The van der Waals surface area contributed by atoms with Crippen molar-refractivity contribution < 1.29 is 23.7 Å². The van der Waals surface area contributed by atoms with Crippen LogP contribution in [-0.4, -0.2) is 68.7 Å². The molecular weight excluding hydrogens is 444 g/mol. The minimum atomic E-state index is -0.411. The van der Waals surface area contributed by atoms with Crippen molar-refractivity contribution in [2.24, 2.45) is 0 Å². The van der Waals surface area contributed by atoms with Gasteiger partial charge in [-0.05, 0) is 42.3 Å². The van der Waals surface area contributed by atoms with E-state index in [-0.39, 0.29) is 31.6 Å². The Kier molecular flexibility index (Phi) is 6.41. The van der Waals surface area contributed by atoms with Gasteiger partial charge in [0.1, 0.15) is 6.54 Å². The zero-order chi connectivity index (χ0) is 23.5. The van der Waals surface area contributed by atoms with Gasteiger partial charge < -0.3 is 23.9 Å². The monoisotopic (exact) mass is 470 g/mol. The zero-order valence-corrected chi connectivity index (χ0v) is 18.9. The number of nitrogens with zero attached hydrogens (tertiary/aromatic N) is 5. The van der Waals surface area contributed by atoms with Crippen molar-refractivity contribution in [3.63, 3.8) is 0 Å². The Morgan fingerprint density at radius 3 is 2.91 bits per heavy atom. The smallest absolute Gasteiger partial charge is 0.327 e. The number of tetrazole rings is 1. The molecule has 1 saturated heterocycles. The molecule has 2 aromatic heterocycles. The molecule has 1 fully saturated rings. The van der Waals surface area contributed by atoms with Crippen molar-refractivity contribution in [1.82, 2.24) is 30.1 Å². The van der Waals surface area contributed by atoms with Crippen LogP contribution in [0.25, 0.3) is 10.9 Å². The molecule has 0 saturated carbocycles. The quantitative estimate of drug-likeness (QED) is 0.451. The summed E-state index contributed by atoms with van der Waals surface area (Å²) in [5.74, 6) is 1.36. The summed E-state index contributed by atoms with van der Waals surface area (Å²) in [6.07, 6.45) is 2.01. The maximum absolute atomic E-state index is 12.9. The summed E-state index contributed by atoms with van der Waals surface area (Å²) in [7, 11) is 0. The van der Waals surface area contributed by atoms with E-state index in [2.05, 4.69) is 25.4 Å². The number of aromatic amines is 1. The van der Waals surface area contributed by atoms with E-state index in [4.69, 9.17) is 18.9 Å². The molecule has 4 heterocycles. The van der Waals surface area contributed by atoms with Crippen LogP contribution in [0.15, 0.2) is 23.0 Å². The first-order valence-electron chi connectivity index (χ1n) is 11.3. The van der Waals surface area contributed by atoms with Crippen LogP contribution in [-0.2, 0) is 33.9 Å². The molecule has 2 aliphatic heterocycles. The third kappa shape index (κ3) is 4.87. The van der Waals surface area contributed by atoms with Gasteiger partial charge in [-0.15, -0.1) is 5.10 Å². The fourth-order valence-corrected chi connectivity index (χ4v) is 4.25. The predicted octanol–water partition coefficient (Wildman–Crippen LogP) is 0.988. The molecule has 2 aliphatic rings. The van der Waals surface area contributed by atoms with Crippen molar-refractivity contribution in [3.8, 4) is 11.5 Å². The summed E-state index contributed by atoms with van der Waals surface area (Å²) in [5, 5.41) is 12.6. The lowest BCUT2D eigenvalue weighted by Gasteiger charge is -2.24. The number of ether oxygens (including phenoxy) is 4. The fourth-order valence-electron chi connectivity index (χ4n) is 4.25. The SMILES string of the molecule is CCOC(=O)Cn1nnnc1CN(Cc1cc2cc3c(cc2[nH]c1=O)OCO3)C[C@H]1CCCO1. The molecule has 12 nitrogen and oxygen atoms in total. The number of carbonyl (C=O) groups is 1. The highest BCUT2D eigenvalue weighted by Gasteiger charge is 2.23. The highest BCUT2D eigenvalue weighted by Crippen LogP contribution is 2.35. The van der Waals surface area contributed by atoms with E-state index in [1.54, 1.807) is 13.0 Å². The Labute approximate surface area is 194 Å². The van der Waals surface area contributed by atoms with E-state index in [0.29, 0.717) is 48.0 Å². The highest BCUT2D eigenvalue weighted by atomic mass is 16.7. The summed E-state index contributed by atoms with van der Waals surface area (Å²) in [4.78, 5) is 29.8. The Balaban J connectivity index is 1.39. The number of esters is 1. The molecule has 34 heavy (non-hydrogen) atoms. The number of pyridine rings is 1. The second-order valence-corrected chi connectivity index (χ2v) is 8.28. The lowest BCUT2D eigenvalue weighted by Crippen LogP contribution is -2.34. The van der Waals surface area contributed by atoms with Crippen LogP contribution in [0.4, 0.5) is 0 Å². The van der Waals surface area contributed by atoms with Crippen LogP contribution >= 0.6 is 0 Å². The number of nitrogens with one attached hydrogen (secondary N) is 1. The zero-order valence-electron chi connectivity index (χ0n) is 18.9. The second-order valence-electron chi connectivity index (χ2n) is 8.28. The van der Waals surface area contributed by atoms with Gasteiger partial charge >= 0.3 is 5.97 Å². The average molecular weight is 470 g/mol. The number of H-pyrrole nitrogens is 1. The maximum atomic E-state index is 12.9. The molecule has 5 rings (SSSR count). The molecule has 0 spiro atoms. The van der Waals surface area contributed by atoms with E-state index >= 15 is 0 Å². The molecule has 1 N–H and O–H groups in total. The van der Waals surface area contributed by atoms with Crippen LogP contribution in [0.5, 0.6) is 11.5 Å². The van der Waals surface area contributed by atoms with E-state index < -0.39 is 5.97 Å². The summed E-state index contributed by atoms with van der Waals surface area (Å²) in [6.45, 7) is 4.14. The van der Waals surface area contributed by atoms with Crippen molar-refractivity contribution in [2.75, 3.05) is 26.6 Å². The van der Waals surface area contributed by atoms with Gasteiger partial charge in [0, 0.05) is 36.7 Å². The van der Waals surface area contributed by atoms with Gasteiger partial charge in [0.25, 0.3) is 5.56 Å². The van der Waals surface area contributed by atoms with E-state index in [9.17, 15) is 9.59 Å². The highest BCUT2D eigenvalue weighted by molar-refractivity contribution is 5.83. The third-order valence-corrected chi connectivity index (χ3v) is 5.85. The van der Waals surface area contributed by atoms with Crippen LogP contribution in [0.1, 0.15) is 31.2 Å². The van der Waals surface area contributed by atoms with E-state index in [0.717, 1.165) is 24.8 Å². The van der Waals surface area contributed by atoms with E-state index in [1.165, 1.54) is 4.68 Å². The Hall–Kier alpha value is -3.51. The summed E-state index contributed by atoms with van der Waals surface area (Å²) in [6, 6.07) is 5.50. The third-order valence-electron chi connectivity index (χ3n) is 5.85. The minimum Gasteiger partial charge on any atom is -0.465 e. The number of benzene rings is 1. The van der Waals surface area contributed by atoms with Crippen molar-refractivity contribution in [2.45, 2.75) is 45.5 Å². The first-order chi connectivity index (χ1) is 16.6. The van der Waals surface area contributed by atoms with Crippen molar-refractivity contribution >= 4 is 16.9 Å². The van der Waals surface area contributed by atoms with Crippen LogP contribution < -0.4 is 15.0 Å². The van der Waals surface area contributed by atoms with Crippen molar-refractivity contribution in [1.29, 1.82) is 0 Å². The Bertz CT molecular complexity index is 1230. The molecule has 0 radical (unpaired) electrons. The number of hydrogen-bond acceptors (Lipinski definition) is 10. The van der Waals surface area contributed by atoms with Crippen LogP contribution in [0.3, 0.4) is 0 Å². The van der Waals surface area contributed by atoms with Gasteiger partial charge in [0.05, 0.1) is 24.8 Å². The average Bonchev–Trinajstić information content (AvgIpc) is 3.56. The molecule has 180 valence electrons. The molecule has 3 aromatic rings. The van der Waals surface area contributed by atoms with Gasteiger partial charge in [-0.1, -0.05) is 0 Å². The number of rotatable bonds is 9. The molecule has 0 amide bonds. The van der Waals surface area contributed by atoms with Crippen LogP contribution in [0, 0.1) is 0 Å². The first-order valence-corrected chi connectivity index (χ1v) is 11.3. The molecule has 0 unspecified atom stereocenters. The molecular formula is C22H26N6O6. The molecule has 1 atom stereocenters. The molecule has 1 aromatic carbocycles. The summed E-state index contributed by atoms with van der Waals surface area (Å²) >= 11 is 0. The largest absolute Gasteiger partial charge is 0.465 e. The van der Waals surface area contributed by atoms with Gasteiger partial charge in [-0.3, -0.25) is 14.5 Å². The predicted molar refractivity (Wildman–Crippen MR) is 118 cm³/mol. The Morgan fingerprint density at radius 1 is 1.26 bits per heavy atom. The van der Waals surface area contributed by atoms with Gasteiger partial charge in [0.2, 0.25) is 6.79 Å². The molecule has 12 heteroatoms. The van der Waals surface area contributed by atoms with Gasteiger partial charge in [-0.2, -0.15) is 0 Å². The molecule has 0 aliphatic carbocycles. The normalized spacial score (nSPS) is 17.1. The fraction of sp³-hybridized carbons (Fsp3) is 0.500. The standard InChI is InChI=1S/C22H26N6O6/c1-2-31-21(29)12-28-20(24-25-26-28)11-27(10-16-4-3-5-32-16)9-15-6-14-7-18-19(34-13-33-18)8-17(14)23-22(15)30/h6-8,16H,2-5,9-13H2,1H3,(H,23,30)/t16-/m1/s1. The summed E-state index contributed by atoms with van der Waals surface area (Å²) < 4.78 is 23.1. The Morgan fingerprint density at radius 2 is 2.12 bits per heavy atom. The van der Waals surface area contributed by atoms with Gasteiger partial charge in [-0.25, -0.2) is 4.68 Å². The number of fused-ring (bicyclic) bond motifs is 2. The van der Waals surface area contributed by atoms with Gasteiger partial charge in [0.15, 0.2) is 17.3 Å². The minimum absolute atomic E-state index is 0.0581.